The Hall–Kier alpha value is -1.59. The molecule has 0 unspecified atom stereocenters. The number of amides is 1. The molecule has 0 saturated carbocycles. The smallest absolute Gasteiger partial charge is 0.234 e. The zero-order valence-corrected chi connectivity index (χ0v) is 10.9. The number of hydrogen-bond acceptors (Lipinski definition) is 4. The Bertz CT molecular complexity index is 369. The van der Waals surface area contributed by atoms with Crippen LogP contribution in [0.1, 0.15) is 5.56 Å². The van der Waals surface area contributed by atoms with Crippen molar-refractivity contribution in [1.82, 2.24) is 10.6 Å². The second-order valence-electron chi connectivity index (χ2n) is 3.80. The Morgan fingerprint density at radius 2 is 2.17 bits per heavy atom. The minimum atomic E-state index is -0.0334. The van der Waals surface area contributed by atoms with Crippen molar-refractivity contribution >= 4 is 5.91 Å². The van der Waals surface area contributed by atoms with Gasteiger partial charge >= 0.3 is 0 Å². The van der Waals surface area contributed by atoms with E-state index in [9.17, 15) is 4.79 Å². The molecule has 18 heavy (non-hydrogen) atoms. The highest BCUT2D eigenvalue weighted by atomic mass is 16.5. The first-order chi connectivity index (χ1) is 8.76. The Kier molecular flexibility index (Phi) is 6.83. The normalized spacial score (nSPS) is 10.1. The summed E-state index contributed by atoms with van der Waals surface area (Å²) in [6, 6.07) is 7.62. The number of ether oxygens (including phenoxy) is 2. The van der Waals surface area contributed by atoms with Gasteiger partial charge in [0.15, 0.2) is 0 Å². The second-order valence-corrected chi connectivity index (χ2v) is 3.80. The summed E-state index contributed by atoms with van der Waals surface area (Å²) in [5.41, 5.74) is 1.01. The molecule has 0 atom stereocenters. The van der Waals surface area contributed by atoms with E-state index in [1.165, 1.54) is 0 Å². The van der Waals surface area contributed by atoms with Crippen molar-refractivity contribution in [2.24, 2.45) is 0 Å². The van der Waals surface area contributed by atoms with Gasteiger partial charge in [0.25, 0.3) is 0 Å². The van der Waals surface area contributed by atoms with E-state index in [1.54, 1.807) is 14.2 Å². The molecule has 1 aromatic rings. The minimum Gasteiger partial charge on any atom is -0.497 e. The molecule has 0 spiro atoms. The third-order valence-corrected chi connectivity index (χ3v) is 2.39. The summed E-state index contributed by atoms with van der Waals surface area (Å²) < 4.78 is 9.98. The van der Waals surface area contributed by atoms with Crippen LogP contribution in [0, 0.1) is 0 Å². The molecular formula is C13H20N2O3. The van der Waals surface area contributed by atoms with Crippen LogP contribution in [-0.4, -0.2) is 39.8 Å². The molecule has 0 heterocycles. The lowest BCUT2D eigenvalue weighted by Crippen LogP contribution is -2.34. The van der Waals surface area contributed by atoms with Crippen molar-refractivity contribution in [3.63, 3.8) is 0 Å². The van der Waals surface area contributed by atoms with E-state index >= 15 is 0 Å². The Balaban J connectivity index is 2.24. The van der Waals surface area contributed by atoms with Gasteiger partial charge in [-0.2, -0.15) is 0 Å². The van der Waals surface area contributed by atoms with Crippen LogP contribution in [0.3, 0.4) is 0 Å². The van der Waals surface area contributed by atoms with Crippen molar-refractivity contribution < 1.29 is 14.3 Å². The van der Waals surface area contributed by atoms with Crippen molar-refractivity contribution in [2.45, 2.75) is 6.54 Å². The molecular weight excluding hydrogens is 232 g/mol. The molecule has 0 fully saturated rings. The van der Waals surface area contributed by atoms with Gasteiger partial charge in [0, 0.05) is 20.2 Å². The van der Waals surface area contributed by atoms with Gasteiger partial charge in [0.05, 0.1) is 20.3 Å². The first-order valence-corrected chi connectivity index (χ1v) is 5.85. The Morgan fingerprint density at radius 1 is 1.33 bits per heavy atom. The molecule has 1 aromatic carbocycles. The third-order valence-electron chi connectivity index (χ3n) is 2.39. The molecule has 0 bridgehead atoms. The number of nitrogens with one attached hydrogen (secondary N) is 2. The Labute approximate surface area is 107 Å². The molecule has 0 aliphatic carbocycles. The first kappa shape index (κ1) is 14.5. The van der Waals surface area contributed by atoms with Gasteiger partial charge in [-0.15, -0.1) is 0 Å². The molecule has 1 rings (SSSR count). The van der Waals surface area contributed by atoms with E-state index in [0.29, 0.717) is 26.2 Å². The lowest BCUT2D eigenvalue weighted by molar-refractivity contribution is -0.120. The second kappa shape index (κ2) is 8.49. The van der Waals surface area contributed by atoms with Crippen LogP contribution in [0.2, 0.25) is 0 Å². The van der Waals surface area contributed by atoms with E-state index in [4.69, 9.17) is 9.47 Å². The highest BCUT2D eigenvalue weighted by molar-refractivity contribution is 5.77. The maximum absolute atomic E-state index is 11.5. The summed E-state index contributed by atoms with van der Waals surface area (Å²) in [5.74, 6) is 0.758. The summed E-state index contributed by atoms with van der Waals surface area (Å²) in [6.07, 6.45) is 0. The summed E-state index contributed by atoms with van der Waals surface area (Å²) in [4.78, 5) is 11.5. The van der Waals surface area contributed by atoms with Crippen LogP contribution < -0.4 is 15.4 Å². The monoisotopic (exact) mass is 252 g/mol. The fourth-order valence-electron chi connectivity index (χ4n) is 1.42. The van der Waals surface area contributed by atoms with Gasteiger partial charge in [-0.3, -0.25) is 4.79 Å². The van der Waals surface area contributed by atoms with Crippen molar-refractivity contribution in [2.75, 3.05) is 33.9 Å². The lowest BCUT2D eigenvalue weighted by atomic mass is 10.2. The molecule has 5 heteroatoms. The van der Waals surface area contributed by atoms with Crippen LogP contribution in [0.25, 0.3) is 0 Å². The highest BCUT2D eigenvalue weighted by Gasteiger charge is 2.01. The van der Waals surface area contributed by atoms with Gasteiger partial charge in [-0.25, -0.2) is 0 Å². The molecule has 100 valence electrons. The van der Waals surface area contributed by atoms with Crippen LogP contribution in [0.4, 0.5) is 0 Å². The average molecular weight is 252 g/mol. The number of benzene rings is 1. The molecule has 0 aromatic heterocycles. The first-order valence-electron chi connectivity index (χ1n) is 5.85. The maximum Gasteiger partial charge on any atom is 0.234 e. The highest BCUT2D eigenvalue weighted by Crippen LogP contribution is 2.11. The van der Waals surface area contributed by atoms with E-state index in [-0.39, 0.29) is 5.91 Å². The van der Waals surface area contributed by atoms with Crippen molar-refractivity contribution in [3.05, 3.63) is 29.8 Å². The molecule has 0 aliphatic heterocycles. The summed E-state index contributed by atoms with van der Waals surface area (Å²) in [5, 5.41) is 5.81. The fourth-order valence-corrected chi connectivity index (χ4v) is 1.42. The van der Waals surface area contributed by atoms with Gasteiger partial charge in [0.1, 0.15) is 5.75 Å². The summed E-state index contributed by atoms with van der Waals surface area (Å²) >= 11 is 0. The molecule has 1 amide bonds. The van der Waals surface area contributed by atoms with Gasteiger partial charge in [0.2, 0.25) is 5.91 Å². The largest absolute Gasteiger partial charge is 0.497 e. The number of carbonyl (C=O) groups excluding carboxylic acids is 1. The zero-order valence-electron chi connectivity index (χ0n) is 10.9. The predicted octanol–water partition coefficient (Wildman–Crippen LogP) is 0.547. The molecule has 2 N–H and O–H groups in total. The van der Waals surface area contributed by atoms with Crippen molar-refractivity contribution in [1.29, 1.82) is 0 Å². The van der Waals surface area contributed by atoms with Gasteiger partial charge in [-0.1, -0.05) is 12.1 Å². The van der Waals surface area contributed by atoms with E-state index in [0.717, 1.165) is 11.3 Å². The maximum atomic E-state index is 11.5. The van der Waals surface area contributed by atoms with E-state index in [1.807, 2.05) is 24.3 Å². The predicted molar refractivity (Wildman–Crippen MR) is 69.6 cm³/mol. The number of hydrogen-bond donors (Lipinski definition) is 2. The van der Waals surface area contributed by atoms with Crippen LogP contribution in [0.5, 0.6) is 5.75 Å². The Morgan fingerprint density at radius 3 is 2.89 bits per heavy atom. The molecule has 0 radical (unpaired) electrons. The fraction of sp³-hybridized carbons (Fsp3) is 0.462. The van der Waals surface area contributed by atoms with Crippen LogP contribution >= 0.6 is 0 Å². The molecule has 0 saturated heterocycles. The summed E-state index contributed by atoms with van der Waals surface area (Å²) in [6.45, 7) is 2.07. The standard InChI is InChI=1S/C13H20N2O3/c1-17-7-6-14-10-13(16)15-9-11-4-3-5-12(8-11)18-2/h3-5,8,14H,6-7,9-10H2,1-2H3,(H,15,16). The zero-order chi connectivity index (χ0) is 13.2. The number of rotatable bonds is 8. The lowest BCUT2D eigenvalue weighted by Gasteiger charge is -2.07. The number of methoxy groups -OCH3 is 2. The van der Waals surface area contributed by atoms with Crippen LogP contribution in [-0.2, 0) is 16.1 Å². The van der Waals surface area contributed by atoms with Gasteiger partial charge < -0.3 is 20.1 Å². The third kappa shape index (κ3) is 5.65. The molecule has 5 nitrogen and oxygen atoms in total. The SMILES string of the molecule is COCCNCC(=O)NCc1cccc(OC)c1. The molecule has 0 aliphatic rings. The van der Waals surface area contributed by atoms with E-state index in [2.05, 4.69) is 10.6 Å². The summed E-state index contributed by atoms with van der Waals surface area (Å²) in [7, 11) is 3.25. The van der Waals surface area contributed by atoms with Crippen LogP contribution in [0.15, 0.2) is 24.3 Å². The van der Waals surface area contributed by atoms with Gasteiger partial charge in [-0.05, 0) is 17.7 Å². The quantitative estimate of drug-likeness (QED) is 0.663. The van der Waals surface area contributed by atoms with Crippen molar-refractivity contribution in [3.8, 4) is 5.75 Å². The average Bonchev–Trinajstić information content (AvgIpc) is 2.41. The number of carbonyl (C=O) groups is 1. The topological polar surface area (TPSA) is 59.6 Å². The minimum absolute atomic E-state index is 0.0334. The van der Waals surface area contributed by atoms with E-state index < -0.39 is 0 Å².